The monoisotopic (exact) mass is 266 g/mol. The second kappa shape index (κ2) is 3.93. The van der Waals surface area contributed by atoms with Crippen molar-refractivity contribution in [1.82, 2.24) is 0 Å². The number of alkyl halides is 1. The molecule has 1 aromatic rings. The van der Waals surface area contributed by atoms with Gasteiger partial charge in [-0.25, -0.2) is 0 Å². The van der Waals surface area contributed by atoms with Crippen LogP contribution in [0, 0.1) is 5.92 Å². The van der Waals surface area contributed by atoms with Crippen LogP contribution in [0.1, 0.15) is 44.2 Å². The van der Waals surface area contributed by atoms with E-state index in [1.54, 1.807) is 0 Å². The Labute approximate surface area is 101 Å². The molecule has 2 atom stereocenters. The van der Waals surface area contributed by atoms with Crippen LogP contribution in [0.15, 0.2) is 24.3 Å². The van der Waals surface area contributed by atoms with E-state index in [4.69, 9.17) is 0 Å². The molecule has 0 N–H and O–H groups in total. The Morgan fingerprint density at radius 2 is 1.93 bits per heavy atom. The van der Waals surface area contributed by atoms with Crippen LogP contribution in [0.2, 0.25) is 0 Å². The number of hydrogen-bond donors (Lipinski definition) is 0. The van der Waals surface area contributed by atoms with Crippen molar-refractivity contribution in [3.63, 3.8) is 0 Å². The Morgan fingerprint density at radius 3 is 2.33 bits per heavy atom. The molecule has 0 bridgehead atoms. The van der Waals surface area contributed by atoms with Crippen LogP contribution in [0.5, 0.6) is 0 Å². The first-order valence-electron chi connectivity index (χ1n) is 5.74. The van der Waals surface area contributed by atoms with E-state index < -0.39 is 0 Å². The topological polar surface area (TPSA) is 0 Å². The van der Waals surface area contributed by atoms with Crippen molar-refractivity contribution in [1.29, 1.82) is 0 Å². The Hall–Kier alpha value is -0.300. The van der Waals surface area contributed by atoms with Crippen molar-refractivity contribution in [3.8, 4) is 0 Å². The first-order chi connectivity index (χ1) is 7.08. The highest BCUT2D eigenvalue weighted by Gasteiger charge is 2.50. The van der Waals surface area contributed by atoms with Crippen LogP contribution in [0.4, 0.5) is 0 Å². The molecule has 0 spiro atoms. The summed E-state index contributed by atoms with van der Waals surface area (Å²) < 4.78 is 0. The third-order valence-corrected chi connectivity index (χ3v) is 4.62. The molecule has 0 amide bonds. The van der Waals surface area contributed by atoms with Crippen molar-refractivity contribution in [3.05, 3.63) is 35.4 Å². The van der Waals surface area contributed by atoms with Crippen LogP contribution < -0.4 is 0 Å². The molecule has 0 aromatic heterocycles. The normalized spacial score (nSPS) is 29.5. The van der Waals surface area contributed by atoms with Crippen LogP contribution in [-0.4, -0.2) is 5.33 Å². The van der Waals surface area contributed by atoms with Crippen molar-refractivity contribution in [2.75, 3.05) is 5.33 Å². The van der Waals surface area contributed by atoms with Gasteiger partial charge in [-0.1, -0.05) is 61.0 Å². The highest BCUT2D eigenvalue weighted by Crippen LogP contribution is 2.54. The highest BCUT2D eigenvalue weighted by atomic mass is 79.9. The summed E-state index contributed by atoms with van der Waals surface area (Å²) in [5.41, 5.74) is 3.40. The molecular formula is C14H19Br. The van der Waals surface area contributed by atoms with Crippen LogP contribution in [-0.2, 0) is 5.41 Å². The molecule has 0 heterocycles. The van der Waals surface area contributed by atoms with Gasteiger partial charge in [0.25, 0.3) is 0 Å². The zero-order valence-electron chi connectivity index (χ0n) is 9.76. The SMILES string of the molecule is CC(C)c1ccc(C2(C)CC2CBr)cc1. The number of halogens is 1. The van der Waals surface area contributed by atoms with E-state index in [2.05, 4.69) is 61.0 Å². The van der Waals surface area contributed by atoms with Gasteiger partial charge in [-0.3, -0.25) is 0 Å². The van der Waals surface area contributed by atoms with Gasteiger partial charge >= 0.3 is 0 Å². The van der Waals surface area contributed by atoms with Gasteiger partial charge in [0.1, 0.15) is 0 Å². The minimum Gasteiger partial charge on any atom is -0.0925 e. The van der Waals surface area contributed by atoms with E-state index in [1.807, 2.05) is 0 Å². The van der Waals surface area contributed by atoms with Gasteiger partial charge in [-0.15, -0.1) is 0 Å². The molecule has 2 rings (SSSR count). The summed E-state index contributed by atoms with van der Waals surface area (Å²) in [5, 5.41) is 1.13. The lowest BCUT2D eigenvalue weighted by atomic mass is 9.93. The average Bonchev–Trinajstić information content (AvgIpc) is 2.91. The highest BCUT2D eigenvalue weighted by molar-refractivity contribution is 9.09. The maximum Gasteiger partial charge on any atom is 0.00684 e. The third kappa shape index (κ3) is 1.99. The summed E-state index contributed by atoms with van der Waals surface area (Å²) in [5.74, 6) is 1.47. The maximum absolute atomic E-state index is 3.59. The van der Waals surface area contributed by atoms with Crippen molar-refractivity contribution >= 4 is 15.9 Å². The van der Waals surface area contributed by atoms with E-state index in [9.17, 15) is 0 Å². The van der Waals surface area contributed by atoms with Crippen LogP contribution in [0.3, 0.4) is 0 Å². The molecule has 82 valence electrons. The lowest BCUT2D eigenvalue weighted by Gasteiger charge is -2.13. The summed E-state index contributed by atoms with van der Waals surface area (Å²) >= 11 is 3.59. The lowest BCUT2D eigenvalue weighted by molar-refractivity contribution is 0.708. The Kier molecular flexibility index (Phi) is 2.94. The number of rotatable bonds is 3. The van der Waals surface area contributed by atoms with Gasteiger partial charge in [-0.05, 0) is 34.8 Å². The van der Waals surface area contributed by atoms with Gasteiger partial charge < -0.3 is 0 Å². The summed E-state index contributed by atoms with van der Waals surface area (Å²) in [7, 11) is 0. The summed E-state index contributed by atoms with van der Waals surface area (Å²) in [6.07, 6.45) is 1.33. The van der Waals surface area contributed by atoms with Crippen LogP contribution in [0.25, 0.3) is 0 Å². The zero-order valence-corrected chi connectivity index (χ0v) is 11.3. The van der Waals surface area contributed by atoms with Gasteiger partial charge in [-0.2, -0.15) is 0 Å². The zero-order chi connectivity index (χ0) is 11.1. The molecule has 1 aromatic carbocycles. The molecule has 15 heavy (non-hydrogen) atoms. The average molecular weight is 267 g/mol. The van der Waals surface area contributed by atoms with E-state index in [1.165, 1.54) is 17.5 Å². The molecule has 0 radical (unpaired) electrons. The van der Waals surface area contributed by atoms with Gasteiger partial charge in [0, 0.05) is 5.33 Å². The van der Waals surface area contributed by atoms with Gasteiger partial charge in [0.15, 0.2) is 0 Å². The Balaban J connectivity index is 2.18. The minimum absolute atomic E-state index is 0.443. The van der Waals surface area contributed by atoms with Crippen molar-refractivity contribution < 1.29 is 0 Å². The first kappa shape index (κ1) is 11.2. The van der Waals surface area contributed by atoms with Gasteiger partial charge in [0.05, 0.1) is 0 Å². The molecule has 1 heteroatoms. The Morgan fingerprint density at radius 1 is 1.33 bits per heavy atom. The van der Waals surface area contributed by atoms with E-state index >= 15 is 0 Å². The standard InChI is InChI=1S/C14H19Br/c1-10(2)11-4-6-12(7-5-11)14(3)8-13(14)9-15/h4-7,10,13H,8-9H2,1-3H3. The molecule has 0 saturated heterocycles. The molecule has 1 aliphatic carbocycles. The molecule has 1 saturated carbocycles. The lowest BCUT2D eigenvalue weighted by Crippen LogP contribution is -2.05. The largest absolute Gasteiger partial charge is 0.0925 e. The molecule has 1 aliphatic rings. The maximum atomic E-state index is 3.59. The second-order valence-corrected chi connectivity index (χ2v) is 5.90. The van der Waals surface area contributed by atoms with Crippen LogP contribution >= 0.6 is 15.9 Å². The third-order valence-electron chi connectivity index (χ3n) is 3.83. The second-order valence-electron chi connectivity index (χ2n) is 5.25. The quantitative estimate of drug-likeness (QED) is 0.708. The molecule has 1 fully saturated rings. The predicted molar refractivity (Wildman–Crippen MR) is 69.8 cm³/mol. The van der Waals surface area contributed by atoms with Gasteiger partial charge in [0.2, 0.25) is 0 Å². The fourth-order valence-corrected chi connectivity index (χ4v) is 3.22. The summed E-state index contributed by atoms with van der Waals surface area (Å²) in [6, 6.07) is 9.21. The minimum atomic E-state index is 0.443. The molecular weight excluding hydrogens is 248 g/mol. The fourth-order valence-electron chi connectivity index (χ4n) is 2.28. The Bertz CT molecular complexity index is 339. The number of benzene rings is 1. The smallest absolute Gasteiger partial charge is 0.00684 e. The fraction of sp³-hybridized carbons (Fsp3) is 0.571. The van der Waals surface area contributed by atoms with E-state index in [0.29, 0.717) is 11.3 Å². The van der Waals surface area contributed by atoms with E-state index in [0.717, 1.165) is 11.2 Å². The molecule has 0 aliphatic heterocycles. The molecule has 2 unspecified atom stereocenters. The number of hydrogen-bond acceptors (Lipinski definition) is 0. The first-order valence-corrected chi connectivity index (χ1v) is 6.86. The predicted octanol–water partition coefficient (Wildman–Crippen LogP) is 4.48. The molecule has 0 nitrogen and oxygen atoms in total. The summed E-state index contributed by atoms with van der Waals surface area (Å²) in [6.45, 7) is 6.87. The summed E-state index contributed by atoms with van der Waals surface area (Å²) in [4.78, 5) is 0. The van der Waals surface area contributed by atoms with E-state index in [-0.39, 0.29) is 0 Å². The van der Waals surface area contributed by atoms with Crippen molar-refractivity contribution in [2.45, 2.75) is 38.5 Å². The van der Waals surface area contributed by atoms with Crippen molar-refractivity contribution in [2.24, 2.45) is 5.92 Å².